The Balaban J connectivity index is 1.44. The molecule has 8 heteroatoms. The van der Waals surface area contributed by atoms with Gasteiger partial charge in [0.1, 0.15) is 10.6 Å². The van der Waals surface area contributed by atoms with Crippen molar-refractivity contribution in [3.05, 3.63) is 64.0 Å². The molecule has 1 aliphatic heterocycles. The molecular weight excluding hydrogens is 418 g/mol. The minimum absolute atomic E-state index is 0.106. The molecule has 3 aromatic rings. The van der Waals surface area contributed by atoms with Crippen molar-refractivity contribution >= 4 is 55.0 Å². The van der Waals surface area contributed by atoms with E-state index in [0.717, 1.165) is 15.6 Å². The van der Waals surface area contributed by atoms with Gasteiger partial charge < -0.3 is 4.74 Å². The molecule has 1 aliphatic rings. The Bertz CT molecular complexity index is 1170. The third-order valence-electron chi connectivity index (χ3n) is 4.45. The molecule has 1 unspecified atom stereocenters. The lowest BCUT2D eigenvalue weighted by Gasteiger charge is -2.04. The highest BCUT2D eigenvalue weighted by atomic mass is 35.5. The topological polar surface area (TPSA) is 72.8 Å². The molecule has 28 heavy (non-hydrogen) atoms. The quantitative estimate of drug-likeness (QED) is 0.347. The minimum Gasteiger partial charge on any atom is -0.422 e. The molecule has 1 fully saturated rings. The Hall–Kier alpha value is -2.22. The number of benzene rings is 2. The molecule has 5 nitrogen and oxygen atoms in total. The standard InChI is InChI=1S/C20H16ClNO4S2/c21-18-16-3-1-2-4-17(16)27-19(18)20(23)26-15-7-5-13(6-8-15)11-22-14-9-10-28(24,25)12-14/h1-8,11,14H,9-10,12H2. The van der Waals surface area contributed by atoms with Crippen LogP contribution in [0.15, 0.2) is 53.5 Å². The molecule has 0 aliphatic carbocycles. The van der Waals surface area contributed by atoms with Gasteiger partial charge in [-0.2, -0.15) is 0 Å². The number of ether oxygens (including phenoxy) is 1. The lowest BCUT2D eigenvalue weighted by molar-refractivity contribution is 0.0740. The van der Waals surface area contributed by atoms with Crippen LogP contribution in [0.2, 0.25) is 5.02 Å². The van der Waals surface area contributed by atoms with Gasteiger partial charge >= 0.3 is 5.97 Å². The number of hydrogen-bond donors (Lipinski definition) is 0. The molecule has 2 heterocycles. The first-order chi connectivity index (χ1) is 13.4. The number of aliphatic imine (C=N–C) groups is 1. The fourth-order valence-corrected chi connectivity index (χ4v) is 6.03. The maximum absolute atomic E-state index is 12.5. The van der Waals surface area contributed by atoms with Crippen LogP contribution in [-0.2, 0) is 9.84 Å². The summed E-state index contributed by atoms with van der Waals surface area (Å²) in [6.07, 6.45) is 2.21. The van der Waals surface area contributed by atoms with Gasteiger partial charge in [0, 0.05) is 16.3 Å². The number of carbonyl (C=O) groups is 1. The number of carbonyl (C=O) groups excluding carboxylic acids is 1. The second-order valence-electron chi connectivity index (χ2n) is 6.53. The first-order valence-corrected chi connectivity index (χ1v) is 11.7. The summed E-state index contributed by atoms with van der Waals surface area (Å²) in [6, 6.07) is 14.2. The summed E-state index contributed by atoms with van der Waals surface area (Å²) in [5.41, 5.74) is 0.809. The zero-order chi connectivity index (χ0) is 19.7. The molecule has 1 atom stereocenters. The molecule has 4 rings (SSSR count). The van der Waals surface area contributed by atoms with Crippen molar-refractivity contribution in [2.45, 2.75) is 12.5 Å². The van der Waals surface area contributed by atoms with Crippen molar-refractivity contribution in [1.29, 1.82) is 0 Å². The summed E-state index contributed by atoms with van der Waals surface area (Å²) in [6.45, 7) is 0. The number of nitrogens with zero attached hydrogens (tertiary/aromatic N) is 1. The Kier molecular flexibility index (Phi) is 5.23. The Morgan fingerprint density at radius 3 is 2.61 bits per heavy atom. The maximum atomic E-state index is 12.5. The Morgan fingerprint density at radius 1 is 1.18 bits per heavy atom. The van der Waals surface area contributed by atoms with Crippen LogP contribution < -0.4 is 4.74 Å². The van der Waals surface area contributed by atoms with E-state index in [1.165, 1.54) is 11.3 Å². The molecule has 0 amide bonds. The first-order valence-electron chi connectivity index (χ1n) is 8.64. The summed E-state index contributed by atoms with van der Waals surface area (Å²) < 4.78 is 29.3. The molecule has 144 valence electrons. The number of rotatable bonds is 4. The summed E-state index contributed by atoms with van der Waals surface area (Å²) >= 11 is 7.62. The molecule has 1 saturated heterocycles. The van der Waals surface area contributed by atoms with Gasteiger partial charge in [0.05, 0.1) is 22.6 Å². The highest BCUT2D eigenvalue weighted by molar-refractivity contribution is 7.91. The number of fused-ring (bicyclic) bond motifs is 1. The fourth-order valence-electron chi connectivity index (χ4n) is 3.01. The van der Waals surface area contributed by atoms with Gasteiger partial charge in [0.25, 0.3) is 0 Å². The number of sulfone groups is 1. The van der Waals surface area contributed by atoms with Crippen molar-refractivity contribution in [3.8, 4) is 5.75 Å². The van der Waals surface area contributed by atoms with E-state index >= 15 is 0 Å². The third-order valence-corrected chi connectivity index (χ3v) is 7.86. The van der Waals surface area contributed by atoms with E-state index < -0.39 is 15.8 Å². The van der Waals surface area contributed by atoms with Crippen molar-refractivity contribution in [1.82, 2.24) is 0 Å². The highest BCUT2D eigenvalue weighted by Crippen LogP contribution is 2.35. The number of hydrogen-bond acceptors (Lipinski definition) is 6. The van der Waals surface area contributed by atoms with Gasteiger partial charge in [-0.25, -0.2) is 13.2 Å². The van der Waals surface area contributed by atoms with E-state index in [-0.39, 0.29) is 17.5 Å². The van der Waals surface area contributed by atoms with Crippen LogP contribution in [0.3, 0.4) is 0 Å². The lowest BCUT2D eigenvalue weighted by atomic mass is 10.2. The van der Waals surface area contributed by atoms with Crippen molar-refractivity contribution in [3.63, 3.8) is 0 Å². The van der Waals surface area contributed by atoms with Crippen molar-refractivity contribution < 1.29 is 17.9 Å². The second kappa shape index (κ2) is 7.66. The van der Waals surface area contributed by atoms with E-state index in [2.05, 4.69) is 4.99 Å². The third kappa shape index (κ3) is 4.11. The van der Waals surface area contributed by atoms with Crippen LogP contribution in [0.4, 0.5) is 0 Å². The van der Waals surface area contributed by atoms with Gasteiger partial charge in [-0.3, -0.25) is 4.99 Å². The predicted octanol–water partition coefficient (Wildman–Crippen LogP) is 4.38. The molecular formula is C20H16ClNO4S2. The molecule has 0 N–H and O–H groups in total. The van der Waals surface area contributed by atoms with Gasteiger partial charge in [-0.05, 0) is 42.3 Å². The SMILES string of the molecule is O=C(Oc1ccc(C=NC2CCS(=O)(=O)C2)cc1)c1sc2ccccc2c1Cl. The van der Waals surface area contributed by atoms with Crippen molar-refractivity contribution in [2.24, 2.45) is 4.99 Å². The summed E-state index contributed by atoms with van der Waals surface area (Å²) in [5.74, 6) is 0.210. The van der Waals surface area contributed by atoms with Gasteiger partial charge in [0.15, 0.2) is 9.84 Å². The van der Waals surface area contributed by atoms with E-state index in [0.29, 0.717) is 22.1 Å². The zero-order valence-electron chi connectivity index (χ0n) is 14.7. The van der Waals surface area contributed by atoms with Crippen LogP contribution in [0.5, 0.6) is 5.75 Å². The molecule has 0 bridgehead atoms. The smallest absolute Gasteiger partial charge is 0.355 e. The van der Waals surface area contributed by atoms with Crippen LogP contribution in [0.25, 0.3) is 10.1 Å². The summed E-state index contributed by atoms with van der Waals surface area (Å²) in [7, 11) is -2.94. The summed E-state index contributed by atoms with van der Waals surface area (Å²) in [5, 5.41) is 1.24. The predicted molar refractivity (Wildman–Crippen MR) is 113 cm³/mol. The highest BCUT2D eigenvalue weighted by Gasteiger charge is 2.26. The molecule has 0 saturated carbocycles. The largest absolute Gasteiger partial charge is 0.422 e. The monoisotopic (exact) mass is 433 g/mol. The lowest BCUT2D eigenvalue weighted by Crippen LogP contribution is -2.08. The Labute approximate surface area is 171 Å². The van der Waals surface area contributed by atoms with E-state index in [1.807, 2.05) is 24.3 Å². The molecule has 0 spiro atoms. The van der Waals surface area contributed by atoms with Gasteiger partial charge in [-0.15, -0.1) is 11.3 Å². The van der Waals surface area contributed by atoms with Crippen LogP contribution in [0.1, 0.15) is 21.7 Å². The van der Waals surface area contributed by atoms with Crippen LogP contribution in [0, 0.1) is 0 Å². The van der Waals surface area contributed by atoms with Crippen LogP contribution >= 0.6 is 22.9 Å². The summed E-state index contributed by atoms with van der Waals surface area (Å²) in [4.78, 5) is 17.2. The van der Waals surface area contributed by atoms with E-state index in [9.17, 15) is 13.2 Å². The molecule has 0 radical (unpaired) electrons. The Morgan fingerprint density at radius 2 is 1.93 bits per heavy atom. The van der Waals surface area contributed by atoms with Gasteiger partial charge in [0.2, 0.25) is 0 Å². The number of thiophene rings is 1. The average molecular weight is 434 g/mol. The number of esters is 1. The fraction of sp³-hybridized carbons (Fsp3) is 0.200. The molecule has 2 aromatic carbocycles. The minimum atomic E-state index is -2.94. The van der Waals surface area contributed by atoms with Gasteiger partial charge in [-0.1, -0.05) is 29.8 Å². The number of halogens is 1. The zero-order valence-corrected chi connectivity index (χ0v) is 17.1. The van der Waals surface area contributed by atoms with E-state index in [4.69, 9.17) is 16.3 Å². The molecule has 1 aromatic heterocycles. The normalized spacial score (nSPS) is 18.7. The van der Waals surface area contributed by atoms with Crippen LogP contribution in [-0.4, -0.2) is 38.1 Å². The van der Waals surface area contributed by atoms with E-state index in [1.54, 1.807) is 30.5 Å². The van der Waals surface area contributed by atoms with Crippen molar-refractivity contribution in [2.75, 3.05) is 11.5 Å². The first kappa shape index (κ1) is 19.1. The average Bonchev–Trinajstić information content (AvgIpc) is 3.21. The maximum Gasteiger partial charge on any atom is 0.355 e. The second-order valence-corrected chi connectivity index (χ2v) is 10.2.